The maximum atomic E-state index is 14.4. The smallest absolute Gasteiger partial charge is 0.336 e. The van der Waals surface area contributed by atoms with Gasteiger partial charge in [-0.3, -0.25) is 38.4 Å². The summed E-state index contributed by atoms with van der Waals surface area (Å²) >= 11 is 0. The van der Waals surface area contributed by atoms with Gasteiger partial charge in [0, 0.05) is 44.6 Å². The molecule has 5 atom stereocenters. The first kappa shape index (κ1) is 46.1. The van der Waals surface area contributed by atoms with E-state index in [-0.39, 0.29) is 56.4 Å². The number of amides is 4. The molecule has 1 fully saturated rings. The molecule has 16 nitrogen and oxygen atoms in total. The molecule has 4 amide bonds. The number of carbonyl (C=O) groups excluding carboxylic acids is 7. The summed E-state index contributed by atoms with van der Waals surface area (Å²) in [5.41, 5.74) is 6.20. The number of likely N-dealkylation sites (tertiary alicyclic amines) is 1. The lowest BCUT2D eigenvalue weighted by molar-refractivity contribution is -0.143. The number of rotatable bonds is 24. The van der Waals surface area contributed by atoms with Gasteiger partial charge in [0.2, 0.25) is 23.5 Å². The molecule has 3 aromatic rings. The molecule has 1 saturated heterocycles. The second kappa shape index (κ2) is 22.6. The molecule has 1 aliphatic heterocycles. The van der Waals surface area contributed by atoms with Gasteiger partial charge in [-0.05, 0) is 42.5 Å². The van der Waals surface area contributed by atoms with Crippen molar-refractivity contribution in [2.45, 2.75) is 95.5 Å². The second-order valence-corrected chi connectivity index (χ2v) is 14.6. The number of nitrogens with zero attached hydrogens (tertiary/aromatic N) is 1. The molecule has 0 radical (unpaired) electrons. The molecule has 0 aliphatic carbocycles. The Morgan fingerprint density at radius 3 is 2.05 bits per heavy atom. The van der Waals surface area contributed by atoms with E-state index in [0.29, 0.717) is 12.0 Å². The van der Waals surface area contributed by atoms with E-state index >= 15 is 0 Å². The summed E-state index contributed by atoms with van der Waals surface area (Å²) in [5, 5.41) is 24.0. The normalized spacial score (nSPS) is 16.2. The molecule has 0 spiro atoms. The first-order chi connectivity index (χ1) is 28.7. The number of carbonyl (C=O) groups is 9. The lowest BCUT2D eigenvalue weighted by atomic mass is 9.87. The van der Waals surface area contributed by atoms with Crippen LogP contribution < -0.4 is 16.4 Å². The van der Waals surface area contributed by atoms with Crippen LogP contribution in [0.5, 0.6) is 0 Å². The van der Waals surface area contributed by atoms with Gasteiger partial charge >= 0.3 is 11.9 Å². The summed E-state index contributed by atoms with van der Waals surface area (Å²) in [6.07, 6.45) is -2.00. The number of ether oxygens (including phenoxy) is 1. The number of primary amides is 1. The number of ketones is 3. The van der Waals surface area contributed by atoms with Crippen LogP contribution in [0.25, 0.3) is 0 Å². The van der Waals surface area contributed by atoms with Crippen molar-refractivity contribution in [3.05, 3.63) is 107 Å². The first-order valence-corrected chi connectivity index (χ1v) is 19.7. The van der Waals surface area contributed by atoms with Crippen molar-refractivity contribution in [1.82, 2.24) is 15.5 Å². The maximum absolute atomic E-state index is 14.4. The van der Waals surface area contributed by atoms with Crippen molar-refractivity contribution >= 4 is 52.9 Å². The summed E-state index contributed by atoms with van der Waals surface area (Å²) in [6.45, 7) is 1.81. The van der Waals surface area contributed by atoms with Crippen molar-refractivity contribution < 1.29 is 58.1 Å². The Morgan fingerprint density at radius 2 is 1.43 bits per heavy atom. The van der Waals surface area contributed by atoms with Crippen molar-refractivity contribution in [3.63, 3.8) is 0 Å². The van der Waals surface area contributed by atoms with Crippen molar-refractivity contribution in [2.75, 3.05) is 6.54 Å². The van der Waals surface area contributed by atoms with Gasteiger partial charge in [-0.15, -0.1) is 0 Å². The Hall–Kier alpha value is -6.55. The highest BCUT2D eigenvalue weighted by atomic mass is 16.5. The average Bonchev–Trinajstić information content (AvgIpc) is 3.68. The van der Waals surface area contributed by atoms with E-state index in [1.807, 2.05) is 30.3 Å². The summed E-state index contributed by atoms with van der Waals surface area (Å²) in [4.78, 5) is 118. The molecule has 0 aromatic heterocycles. The average molecular weight is 827 g/mol. The highest BCUT2D eigenvalue weighted by molar-refractivity contribution is 6.38. The largest absolute Gasteiger partial charge is 0.481 e. The topological polar surface area (TPSA) is 257 Å². The van der Waals surface area contributed by atoms with E-state index in [4.69, 9.17) is 10.5 Å². The number of nitrogens with two attached hydrogens (primary N) is 1. The van der Waals surface area contributed by atoms with Crippen LogP contribution in [-0.4, -0.2) is 92.8 Å². The summed E-state index contributed by atoms with van der Waals surface area (Å²) in [7, 11) is 0. The van der Waals surface area contributed by atoms with Gasteiger partial charge in [-0.25, -0.2) is 4.79 Å². The third kappa shape index (κ3) is 13.2. The number of nitrogens with one attached hydrogen (secondary N) is 2. The van der Waals surface area contributed by atoms with Crippen LogP contribution in [0.3, 0.4) is 0 Å². The molecular weight excluding hydrogens is 776 g/mol. The van der Waals surface area contributed by atoms with Crippen LogP contribution in [0.15, 0.2) is 84.9 Å². The van der Waals surface area contributed by atoms with Gasteiger partial charge in [0.1, 0.15) is 12.1 Å². The molecule has 0 saturated carbocycles. The number of aromatic carboxylic acids is 1. The summed E-state index contributed by atoms with van der Waals surface area (Å²) in [5.74, 6) is -9.05. The molecule has 6 N–H and O–H groups in total. The SMILES string of the molecule is CCCC(CC(=O)[C@@H]1C[C@@H](OCc2ccccc2)CN1C(=O)[C@H](CCCC(=O)O)NC(=O)c1ccccc1C(=O)O)C(=O)C(=O)CCC(=O)N[C@H](C(N)=O)c1ccccc1. The molecule has 0 bridgehead atoms. The van der Waals surface area contributed by atoms with Crippen LogP contribution >= 0.6 is 0 Å². The Bertz CT molecular complexity index is 2040. The van der Waals surface area contributed by atoms with Gasteiger partial charge in [0.05, 0.1) is 29.9 Å². The number of aliphatic carboxylic acids is 1. The van der Waals surface area contributed by atoms with Crippen LogP contribution in [0, 0.1) is 5.92 Å². The van der Waals surface area contributed by atoms with Gasteiger partial charge in [0.25, 0.3) is 5.91 Å². The number of benzene rings is 3. The molecule has 1 heterocycles. The number of carboxylic acid groups (broad SMARTS) is 2. The third-order valence-electron chi connectivity index (χ3n) is 10.2. The van der Waals surface area contributed by atoms with Crippen LogP contribution in [-0.2, 0) is 44.9 Å². The quantitative estimate of drug-likeness (QED) is 0.0813. The van der Waals surface area contributed by atoms with Gasteiger partial charge in [-0.1, -0.05) is 86.1 Å². The zero-order valence-corrected chi connectivity index (χ0v) is 33.2. The highest BCUT2D eigenvalue weighted by Crippen LogP contribution is 2.28. The monoisotopic (exact) mass is 826 g/mol. The summed E-state index contributed by atoms with van der Waals surface area (Å²) < 4.78 is 6.13. The number of hydrogen-bond acceptors (Lipinski definition) is 10. The Labute approximate surface area is 346 Å². The van der Waals surface area contributed by atoms with Gasteiger partial charge < -0.3 is 36.2 Å². The zero-order chi connectivity index (χ0) is 43.8. The highest BCUT2D eigenvalue weighted by Gasteiger charge is 2.43. The molecule has 16 heteroatoms. The molecule has 318 valence electrons. The van der Waals surface area contributed by atoms with E-state index in [2.05, 4.69) is 10.6 Å². The van der Waals surface area contributed by atoms with Crippen molar-refractivity contribution in [3.8, 4) is 0 Å². The van der Waals surface area contributed by atoms with E-state index in [1.54, 1.807) is 37.3 Å². The van der Waals surface area contributed by atoms with E-state index in [9.17, 15) is 53.4 Å². The van der Waals surface area contributed by atoms with E-state index in [0.717, 1.165) is 5.56 Å². The molecule has 4 rings (SSSR count). The number of Topliss-reactive ketones (excluding diaryl/α,β-unsaturated/α-hetero) is 3. The van der Waals surface area contributed by atoms with Crippen LogP contribution in [0.1, 0.15) is 103 Å². The minimum Gasteiger partial charge on any atom is -0.481 e. The fourth-order valence-corrected chi connectivity index (χ4v) is 7.10. The predicted octanol–water partition coefficient (Wildman–Crippen LogP) is 3.56. The van der Waals surface area contributed by atoms with Crippen molar-refractivity contribution in [2.24, 2.45) is 11.7 Å². The third-order valence-corrected chi connectivity index (χ3v) is 10.2. The Morgan fingerprint density at radius 1 is 0.800 bits per heavy atom. The predicted molar refractivity (Wildman–Crippen MR) is 215 cm³/mol. The summed E-state index contributed by atoms with van der Waals surface area (Å²) in [6, 6.07) is 19.1. The molecule has 1 unspecified atom stereocenters. The van der Waals surface area contributed by atoms with Crippen LogP contribution in [0.4, 0.5) is 0 Å². The minimum absolute atomic E-state index is 0.0125. The van der Waals surface area contributed by atoms with Gasteiger partial charge in [-0.2, -0.15) is 0 Å². The Kier molecular flexibility index (Phi) is 17.3. The molecular formula is C44H50N4O12. The molecule has 60 heavy (non-hydrogen) atoms. The maximum Gasteiger partial charge on any atom is 0.336 e. The number of hydrogen-bond donors (Lipinski definition) is 5. The fraction of sp³-hybridized carbons (Fsp3) is 0.386. The zero-order valence-electron chi connectivity index (χ0n) is 33.2. The lowest BCUT2D eigenvalue weighted by Crippen LogP contribution is -2.52. The fourth-order valence-electron chi connectivity index (χ4n) is 7.10. The van der Waals surface area contributed by atoms with E-state index < -0.39 is 102 Å². The van der Waals surface area contributed by atoms with Crippen molar-refractivity contribution in [1.29, 1.82) is 0 Å². The second-order valence-electron chi connectivity index (χ2n) is 14.6. The molecule has 1 aliphatic rings. The standard InChI is InChI=1S/C44H50N4O12/c1-2-12-29(40(54)35(49)21-22-37(51)47-39(41(45)55)28-15-7-4-8-16-28)23-36(50)34-24-30(60-26-27-13-5-3-6-14-27)25-48(34)43(57)33(19-11-20-38(52)53)46-42(56)31-17-9-10-18-32(31)44(58)59/h3-10,13-18,29-30,33-34,39H,2,11-12,19-26H2,1H3,(H2,45,55)(H,46,56)(H,47,51)(H,52,53)(H,58,59)/t29?,30-,33+,34+,39+/m1/s1. The van der Waals surface area contributed by atoms with Crippen LogP contribution in [0.2, 0.25) is 0 Å². The number of carboxylic acids is 2. The first-order valence-electron chi connectivity index (χ1n) is 19.7. The Balaban J connectivity index is 1.53. The molecule has 3 aromatic carbocycles. The lowest BCUT2D eigenvalue weighted by Gasteiger charge is -2.29. The van der Waals surface area contributed by atoms with Gasteiger partial charge in [0.15, 0.2) is 11.6 Å². The van der Waals surface area contributed by atoms with E-state index in [1.165, 1.54) is 29.2 Å². The minimum atomic E-state index is -1.38.